The lowest BCUT2D eigenvalue weighted by molar-refractivity contribution is -0.105. The highest BCUT2D eigenvalue weighted by atomic mass is 79.9. The SMILES string of the molecule is C1CC1.O=CNc1nc2ccc(Br)cc2s1. The highest BCUT2D eigenvalue weighted by Crippen LogP contribution is 2.27. The lowest BCUT2D eigenvalue weighted by Gasteiger charge is -1.86. The average Bonchev–Trinajstić information content (AvgIpc) is 3.07. The topological polar surface area (TPSA) is 42.0 Å². The van der Waals surface area contributed by atoms with Crippen LogP contribution >= 0.6 is 27.3 Å². The van der Waals surface area contributed by atoms with E-state index >= 15 is 0 Å². The Bertz CT molecular complexity index is 493. The molecule has 5 heteroatoms. The molecule has 1 aliphatic carbocycles. The van der Waals surface area contributed by atoms with Crippen LogP contribution in [0, 0.1) is 0 Å². The minimum Gasteiger partial charge on any atom is -0.305 e. The number of hydrogen-bond acceptors (Lipinski definition) is 3. The summed E-state index contributed by atoms with van der Waals surface area (Å²) in [5.74, 6) is 0. The Balaban J connectivity index is 0.000000278. The predicted octanol–water partition coefficient (Wildman–Crippen LogP) is 3.80. The largest absolute Gasteiger partial charge is 0.305 e. The maximum Gasteiger partial charge on any atom is 0.213 e. The summed E-state index contributed by atoms with van der Waals surface area (Å²) in [5.41, 5.74) is 0.901. The van der Waals surface area contributed by atoms with Crippen LogP contribution in [-0.4, -0.2) is 11.4 Å². The van der Waals surface area contributed by atoms with Gasteiger partial charge in [0.15, 0.2) is 5.13 Å². The number of aromatic nitrogens is 1. The van der Waals surface area contributed by atoms with Crippen molar-refractivity contribution in [3.8, 4) is 0 Å². The number of benzene rings is 1. The van der Waals surface area contributed by atoms with Gasteiger partial charge in [0.1, 0.15) is 0 Å². The quantitative estimate of drug-likeness (QED) is 0.857. The Hall–Kier alpha value is -0.940. The smallest absolute Gasteiger partial charge is 0.213 e. The van der Waals surface area contributed by atoms with E-state index in [1.807, 2.05) is 18.2 Å². The second-order valence-electron chi connectivity index (χ2n) is 3.45. The molecule has 0 atom stereocenters. The van der Waals surface area contributed by atoms with Gasteiger partial charge in [-0.1, -0.05) is 46.5 Å². The molecule has 1 N–H and O–H groups in total. The zero-order valence-corrected chi connectivity index (χ0v) is 11.0. The summed E-state index contributed by atoms with van der Waals surface area (Å²) in [5, 5.41) is 3.16. The first-order valence-electron chi connectivity index (χ1n) is 5.06. The average molecular weight is 299 g/mol. The predicted molar refractivity (Wildman–Crippen MR) is 70.9 cm³/mol. The molecular weight excluding hydrogens is 288 g/mol. The van der Waals surface area contributed by atoms with E-state index in [0.29, 0.717) is 11.5 Å². The van der Waals surface area contributed by atoms with Crippen LogP contribution in [0.1, 0.15) is 19.3 Å². The van der Waals surface area contributed by atoms with E-state index in [1.54, 1.807) is 0 Å². The van der Waals surface area contributed by atoms with E-state index in [4.69, 9.17) is 0 Å². The number of thiazole rings is 1. The first kappa shape index (κ1) is 11.5. The number of nitrogens with one attached hydrogen (secondary N) is 1. The van der Waals surface area contributed by atoms with Crippen molar-refractivity contribution in [2.24, 2.45) is 0 Å². The minimum absolute atomic E-state index is 0.628. The molecule has 0 saturated heterocycles. The first-order valence-corrected chi connectivity index (χ1v) is 6.67. The molecule has 1 aromatic heterocycles. The summed E-state index contributed by atoms with van der Waals surface area (Å²) in [6.45, 7) is 0. The Morgan fingerprint density at radius 1 is 1.38 bits per heavy atom. The number of fused-ring (bicyclic) bond motifs is 1. The van der Waals surface area contributed by atoms with Crippen LogP contribution in [0.2, 0.25) is 0 Å². The van der Waals surface area contributed by atoms with Crippen LogP contribution in [0.4, 0.5) is 5.13 Å². The summed E-state index contributed by atoms with van der Waals surface area (Å²) in [6.07, 6.45) is 5.13. The summed E-state index contributed by atoms with van der Waals surface area (Å²) in [7, 11) is 0. The van der Waals surface area contributed by atoms with Gasteiger partial charge in [-0.3, -0.25) is 4.79 Å². The number of rotatable bonds is 2. The van der Waals surface area contributed by atoms with Crippen LogP contribution in [0.25, 0.3) is 10.2 Å². The number of halogens is 1. The van der Waals surface area contributed by atoms with Gasteiger partial charge in [-0.2, -0.15) is 0 Å². The van der Waals surface area contributed by atoms with Crippen LogP contribution in [-0.2, 0) is 4.79 Å². The minimum atomic E-state index is 0.628. The Morgan fingerprint density at radius 3 is 2.75 bits per heavy atom. The van der Waals surface area contributed by atoms with Gasteiger partial charge < -0.3 is 5.32 Å². The van der Waals surface area contributed by atoms with Crippen molar-refractivity contribution in [2.75, 3.05) is 5.32 Å². The second kappa shape index (κ2) is 5.41. The molecule has 84 valence electrons. The molecule has 3 nitrogen and oxygen atoms in total. The molecule has 1 saturated carbocycles. The molecule has 1 fully saturated rings. The third-order valence-corrected chi connectivity index (χ3v) is 3.33. The molecule has 0 unspecified atom stereocenters. The fourth-order valence-corrected chi connectivity index (χ4v) is 2.39. The van der Waals surface area contributed by atoms with E-state index < -0.39 is 0 Å². The molecule has 1 amide bonds. The van der Waals surface area contributed by atoms with Gasteiger partial charge in [-0.15, -0.1) is 0 Å². The summed E-state index contributed by atoms with van der Waals surface area (Å²) >= 11 is 4.82. The summed E-state index contributed by atoms with van der Waals surface area (Å²) < 4.78 is 2.07. The monoisotopic (exact) mass is 298 g/mol. The molecule has 1 aromatic carbocycles. The number of amides is 1. The number of carbonyl (C=O) groups excluding carboxylic acids is 1. The van der Waals surface area contributed by atoms with E-state index in [1.165, 1.54) is 30.6 Å². The van der Waals surface area contributed by atoms with Gasteiger partial charge >= 0.3 is 0 Å². The van der Waals surface area contributed by atoms with E-state index in [0.717, 1.165) is 14.7 Å². The van der Waals surface area contributed by atoms with Crippen molar-refractivity contribution < 1.29 is 4.79 Å². The van der Waals surface area contributed by atoms with Crippen molar-refractivity contribution >= 4 is 49.0 Å². The molecule has 1 heterocycles. The Kier molecular flexibility index (Phi) is 3.90. The van der Waals surface area contributed by atoms with Gasteiger partial charge in [-0.25, -0.2) is 4.98 Å². The third kappa shape index (κ3) is 3.28. The molecule has 0 spiro atoms. The van der Waals surface area contributed by atoms with Gasteiger partial charge in [0, 0.05) is 4.47 Å². The van der Waals surface area contributed by atoms with Crippen LogP contribution < -0.4 is 5.32 Å². The van der Waals surface area contributed by atoms with Crippen LogP contribution in [0.3, 0.4) is 0 Å². The summed E-state index contributed by atoms with van der Waals surface area (Å²) in [6, 6.07) is 5.81. The third-order valence-electron chi connectivity index (χ3n) is 1.89. The Morgan fingerprint density at radius 2 is 2.12 bits per heavy atom. The fraction of sp³-hybridized carbons (Fsp3) is 0.273. The summed E-state index contributed by atoms with van der Waals surface area (Å²) in [4.78, 5) is 14.4. The highest BCUT2D eigenvalue weighted by Gasteiger charge is 2.02. The molecule has 16 heavy (non-hydrogen) atoms. The van der Waals surface area contributed by atoms with Crippen molar-refractivity contribution in [2.45, 2.75) is 19.3 Å². The van der Waals surface area contributed by atoms with Gasteiger partial charge in [0.05, 0.1) is 10.2 Å². The van der Waals surface area contributed by atoms with E-state index in [-0.39, 0.29) is 0 Å². The van der Waals surface area contributed by atoms with Gasteiger partial charge in [-0.05, 0) is 18.2 Å². The van der Waals surface area contributed by atoms with E-state index in [9.17, 15) is 4.79 Å². The zero-order chi connectivity index (χ0) is 11.4. The van der Waals surface area contributed by atoms with Gasteiger partial charge in [0.2, 0.25) is 6.41 Å². The molecule has 0 aliphatic heterocycles. The van der Waals surface area contributed by atoms with Crippen molar-refractivity contribution in [3.05, 3.63) is 22.7 Å². The molecule has 1 aliphatic rings. The lowest BCUT2D eigenvalue weighted by Crippen LogP contribution is -1.91. The van der Waals surface area contributed by atoms with Crippen molar-refractivity contribution in [1.82, 2.24) is 4.98 Å². The maximum absolute atomic E-state index is 10.2. The molecule has 0 radical (unpaired) electrons. The standard InChI is InChI=1S/C8H5BrN2OS.C3H6/c9-5-1-2-6-7(3-5)13-8(11-6)10-4-12;1-2-3-1/h1-4H,(H,10,11,12);1-3H2. The fourth-order valence-electron chi connectivity index (χ4n) is 1.01. The second-order valence-corrected chi connectivity index (χ2v) is 5.40. The highest BCUT2D eigenvalue weighted by molar-refractivity contribution is 9.10. The van der Waals surface area contributed by atoms with Crippen LogP contribution in [0.15, 0.2) is 22.7 Å². The lowest BCUT2D eigenvalue weighted by atomic mass is 10.3. The van der Waals surface area contributed by atoms with Gasteiger partial charge in [0.25, 0.3) is 0 Å². The number of carbonyl (C=O) groups is 1. The number of hydrogen-bond donors (Lipinski definition) is 1. The molecule has 2 aromatic rings. The molecular formula is C11H11BrN2OS. The normalized spacial score (nSPS) is 12.8. The molecule has 0 bridgehead atoms. The maximum atomic E-state index is 10.2. The number of anilines is 1. The van der Waals surface area contributed by atoms with Crippen molar-refractivity contribution in [1.29, 1.82) is 0 Å². The molecule has 3 rings (SSSR count). The zero-order valence-electron chi connectivity index (χ0n) is 8.57. The Labute approximate surface area is 106 Å². The van der Waals surface area contributed by atoms with Crippen molar-refractivity contribution in [3.63, 3.8) is 0 Å². The first-order chi connectivity index (χ1) is 7.79. The van der Waals surface area contributed by atoms with Crippen LogP contribution in [0.5, 0.6) is 0 Å². The van der Waals surface area contributed by atoms with E-state index in [2.05, 4.69) is 26.2 Å². The number of nitrogens with zero attached hydrogens (tertiary/aromatic N) is 1.